The number of fused-ring (bicyclic) bond motifs is 2. The molecular weight excluding hydrogens is 294 g/mol. The van der Waals surface area contributed by atoms with Crippen molar-refractivity contribution in [3.05, 3.63) is 48.2 Å². The van der Waals surface area contributed by atoms with Crippen molar-refractivity contribution >= 4 is 17.7 Å². The van der Waals surface area contributed by atoms with Gasteiger partial charge in [-0.15, -0.1) is 0 Å². The summed E-state index contributed by atoms with van der Waals surface area (Å²) in [5.41, 5.74) is 0.735. The highest BCUT2D eigenvalue weighted by atomic mass is 32.2. The van der Waals surface area contributed by atoms with Gasteiger partial charge in [-0.3, -0.25) is 4.79 Å². The number of hydrogen-bond acceptors (Lipinski definition) is 3. The van der Waals surface area contributed by atoms with Crippen LogP contribution in [0.4, 0.5) is 0 Å². The van der Waals surface area contributed by atoms with Crippen LogP contribution in [0.2, 0.25) is 0 Å². The van der Waals surface area contributed by atoms with Gasteiger partial charge in [0, 0.05) is 34.8 Å². The van der Waals surface area contributed by atoms with Crippen LogP contribution in [-0.4, -0.2) is 29.0 Å². The minimum absolute atomic E-state index is 0.0378. The van der Waals surface area contributed by atoms with Gasteiger partial charge in [-0.05, 0) is 55.7 Å². The van der Waals surface area contributed by atoms with Crippen LogP contribution >= 0.6 is 11.8 Å². The lowest BCUT2D eigenvalue weighted by atomic mass is 9.95. The third-order valence-corrected chi connectivity index (χ3v) is 5.51. The number of amides is 1. The SMILES string of the molecule is O=C(NC1CC2CCC1N2)c1ccc(Sc2ccc[nH]2)cc1. The van der Waals surface area contributed by atoms with Gasteiger partial charge in [-0.1, -0.05) is 11.8 Å². The molecule has 2 fully saturated rings. The molecule has 3 N–H and O–H groups in total. The number of H-pyrrole nitrogens is 1. The van der Waals surface area contributed by atoms with Gasteiger partial charge >= 0.3 is 0 Å². The summed E-state index contributed by atoms with van der Waals surface area (Å²) < 4.78 is 0. The van der Waals surface area contributed by atoms with Crippen LogP contribution in [0.15, 0.2) is 52.5 Å². The van der Waals surface area contributed by atoms with E-state index in [0.29, 0.717) is 18.1 Å². The topological polar surface area (TPSA) is 56.9 Å². The lowest BCUT2D eigenvalue weighted by Crippen LogP contribution is -2.42. The number of carbonyl (C=O) groups is 1. The van der Waals surface area contributed by atoms with Crippen molar-refractivity contribution < 1.29 is 4.79 Å². The Labute approximate surface area is 134 Å². The minimum Gasteiger partial charge on any atom is -0.356 e. The zero-order chi connectivity index (χ0) is 14.9. The summed E-state index contributed by atoms with van der Waals surface area (Å²) in [6.45, 7) is 0. The largest absolute Gasteiger partial charge is 0.356 e. The van der Waals surface area contributed by atoms with Crippen molar-refractivity contribution in [3.63, 3.8) is 0 Å². The standard InChI is InChI=1S/C17H19N3OS/c21-17(20-15-10-12-5-8-14(15)19-12)11-3-6-13(7-4-11)22-16-2-1-9-18-16/h1-4,6-7,9,12,14-15,18-19H,5,8,10H2,(H,20,21). The molecule has 1 aromatic heterocycles. The Bertz CT molecular complexity index is 653. The van der Waals surface area contributed by atoms with E-state index >= 15 is 0 Å². The van der Waals surface area contributed by atoms with Crippen molar-refractivity contribution in [1.82, 2.24) is 15.6 Å². The molecule has 1 aromatic carbocycles. The molecule has 0 aliphatic carbocycles. The average Bonchev–Trinajstić information content (AvgIpc) is 3.25. The molecule has 114 valence electrons. The minimum atomic E-state index is 0.0378. The molecule has 4 rings (SSSR count). The second kappa shape index (κ2) is 5.82. The fourth-order valence-corrected chi connectivity index (χ4v) is 4.21. The second-order valence-electron chi connectivity index (χ2n) is 6.02. The Hall–Kier alpha value is -1.72. The molecule has 3 atom stereocenters. The normalized spacial score (nSPS) is 26.3. The van der Waals surface area contributed by atoms with E-state index in [1.165, 1.54) is 12.8 Å². The van der Waals surface area contributed by atoms with Crippen molar-refractivity contribution in [2.75, 3.05) is 0 Å². The molecule has 3 unspecified atom stereocenters. The quantitative estimate of drug-likeness (QED) is 0.813. The summed E-state index contributed by atoms with van der Waals surface area (Å²) in [6.07, 6.45) is 5.41. The van der Waals surface area contributed by atoms with Crippen LogP contribution in [0.5, 0.6) is 0 Å². The lowest BCUT2D eigenvalue weighted by molar-refractivity contribution is 0.0931. The third kappa shape index (κ3) is 2.78. The van der Waals surface area contributed by atoms with Gasteiger partial charge in [0.2, 0.25) is 0 Å². The number of aromatic amines is 1. The Morgan fingerprint density at radius 1 is 1.18 bits per heavy atom. The smallest absolute Gasteiger partial charge is 0.251 e. The fraction of sp³-hybridized carbons (Fsp3) is 0.353. The maximum absolute atomic E-state index is 12.4. The summed E-state index contributed by atoms with van der Waals surface area (Å²) in [4.78, 5) is 16.6. The molecule has 2 aliphatic rings. The fourth-order valence-electron chi connectivity index (χ4n) is 3.41. The highest BCUT2D eigenvalue weighted by Crippen LogP contribution is 2.29. The number of aromatic nitrogens is 1. The van der Waals surface area contributed by atoms with Gasteiger partial charge in [0.05, 0.1) is 5.03 Å². The predicted octanol–water partition coefficient (Wildman–Crippen LogP) is 2.79. The highest BCUT2D eigenvalue weighted by molar-refractivity contribution is 7.99. The first kappa shape index (κ1) is 13.9. The molecule has 2 aromatic rings. The maximum atomic E-state index is 12.4. The van der Waals surface area contributed by atoms with E-state index in [9.17, 15) is 4.79 Å². The molecule has 2 aliphatic heterocycles. The van der Waals surface area contributed by atoms with Crippen molar-refractivity contribution in [3.8, 4) is 0 Å². The summed E-state index contributed by atoms with van der Waals surface area (Å²) in [6, 6.07) is 13.2. The van der Waals surface area contributed by atoms with Crippen LogP contribution in [0, 0.1) is 0 Å². The second-order valence-corrected chi connectivity index (χ2v) is 7.14. The van der Waals surface area contributed by atoms with Crippen LogP contribution in [-0.2, 0) is 0 Å². The van der Waals surface area contributed by atoms with E-state index in [0.717, 1.165) is 21.9 Å². The number of nitrogens with one attached hydrogen (secondary N) is 3. The van der Waals surface area contributed by atoms with Crippen molar-refractivity contribution in [1.29, 1.82) is 0 Å². The number of benzene rings is 1. The molecule has 0 spiro atoms. The number of rotatable bonds is 4. The van der Waals surface area contributed by atoms with E-state index in [-0.39, 0.29) is 5.91 Å². The maximum Gasteiger partial charge on any atom is 0.251 e. The summed E-state index contributed by atoms with van der Waals surface area (Å²) in [7, 11) is 0. The van der Waals surface area contributed by atoms with E-state index < -0.39 is 0 Å². The summed E-state index contributed by atoms with van der Waals surface area (Å²) in [5, 5.41) is 7.83. The Balaban J connectivity index is 1.38. The van der Waals surface area contributed by atoms with Gasteiger partial charge in [-0.25, -0.2) is 0 Å². The Morgan fingerprint density at radius 2 is 2.05 bits per heavy atom. The van der Waals surface area contributed by atoms with Crippen LogP contribution in [0.3, 0.4) is 0 Å². The van der Waals surface area contributed by atoms with Crippen LogP contribution < -0.4 is 10.6 Å². The number of carbonyl (C=O) groups excluding carboxylic acids is 1. The van der Waals surface area contributed by atoms with Gasteiger partial charge < -0.3 is 15.6 Å². The highest BCUT2D eigenvalue weighted by Gasteiger charge is 2.39. The first-order valence-electron chi connectivity index (χ1n) is 7.76. The summed E-state index contributed by atoms with van der Waals surface area (Å²) >= 11 is 1.66. The van der Waals surface area contributed by atoms with Crippen LogP contribution in [0.1, 0.15) is 29.6 Å². The molecule has 1 amide bonds. The monoisotopic (exact) mass is 313 g/mol. The van der Waals surface area contributed by atoms with Gasteiger partial charge in [-0.2, -0.15) is 0 Å². The van der Waals surface area contributed by atoms with E-state index in [1.807, 2.05) is 42.6 Å². The van der Waals surface area contributed by atoms with Crippen LogP contribution in [0.25, 0.3) is 0 Å². The Morgan fingerprint density at radius 3 is 2.68 bits per heavy atom. The summed E-state index contributed by atoms with van der Waals surface area (Å²) in [5.74, 6) is 0.0378. The molecular formula is C17H19N3OS. The molecule has 2 bridgehead atoms. The number of hydrogen-bond donors (Lipinski definition) is 3. The van der Waals surface area contributed by atoms with Crippen molar-refractivity contribution in [2.45, 2.75) is 47.3 Å². The Kier molecular flexibility index (Phi) is 3.68. The zero-order valence-electron chi connectivity index (χ0n) is 12.2. The van der Waals surface area contributed by atoms with E-state index in [4.69, 9.17) is 0 Å². The predicted molar refractivity (Wildman–Crippen MR) is 87.2 cm³/mol. The van der Waals surface area contributed by atoms with E-state index in [1.54, 1.807) is 11.8 Å². The first-order chi connectivity index (χ1) is 10.8. The van der Waals surface area contributed by atoms with Gasteiger partial charge in [0.25, 0.3) is 5.91 Å². The molecule has 4 nitrogen and oxygen atoms in total. The average molecular weight is 313 g/mol. The molecule has 2 saturated heterocycles. The molecule has 0 radical (unpaired) electrons. The molecule has 0 saturated carbocycles. The molecule has 5 heteroatoms. The molecule has 22 heavy (non-hydrogen) atoms. The van der Waals surface area contributed by atoms with E-state index in [2.05, 4.69) is 15.6 Å². The van der Waals surface area contributed by atoms with Gasteiger partial charge in [0.15, 0.2) is 0 Å². The zero-order valence-corrected chi connectivity index (χ0v) is 13.0. The first-order valence-corrected chi connectivity index (χ1v) is 8.58. The van der Waals surface area contributed by atoms with Gasteiger partial charge in [0.1, 0.15) is 0 Å². The molecule has 3 heterocycles. The third-order valence-electron chi connectivity index (χ3n) is 4.53. The lowest BCUT2D eigenvalue weighted by Gasteiger charge is -2.21. The van der Waals surface area contributed by atoms with Crippen molar-refractivity contribution in [2.24, 2.45) is 0 Å².